The number of nitrogens with two attached hydrogens (primary N) is 1. The second-order valence-electron chi connectivity index (χ2n) is 7.27. The lowest BCUT2D eigenvalue weighted by Crippen LogP contribution is -2.43. The van der Waals surface area contributed by atoms with Crippen LogP contribution < -0.4 is 5.73 Å². The first-order chi connectivity index (χ1) is 7.81. The predicted octanol–water partition coefficient (Wildman–Crippen LogP) is 3.12. The van der Waals surface area contributed by atoms with Gasteiger partial charge in [0.2, 0.25) is 0 Å². The summed E-state index contributed by atoms with van der Waals surface area (Å²) in [6, 6.07) is 0.431. The molecule has 102 valence electrons. The molecule has 2 N–H and O–H groups in total. The third-order valence-electron chi connectivity index (χ3n) is 4.02. The average molecular weight is 240 g/mol. The molecule has 1 rings (SSSR count). The van der Waals surface area contributed by atoms with E-state index in [2.05, 4.69) is 39.6 Å². The van der Waals surface area contributed by atoms with Crippen molar-refractivity contribution < 1.29 is 0 Å². The highest BCUT2D eigenvalue weighted by Crippen LogP contribution is 2.31. The Hall–Kier alpha value is -0.0800. The number of nitrogens with zero attached hydrogens (tertiary/aromatic N) is 1. The molecule has 0 saturated heterocycles. The van der Waals surface area contributed by atoms with Crippen LogP contribution in [0.4, 0.5) is 0 Å². The lowest BCUT2D eigenvalue weighted by molar-refractivity contribution is 0.145. The summed E-state index contributed by atoms with van der Waals surface area (Å²) in [6.45, 7) is 11.6. The topological polar surface area (TPSA) is 29.3 Å². The molecule has 2 heteroatoms. The summed E-state index contributed by atoms with van der Waals surface area (Å²) >= 11 is 0. The second-order valence-corrected chi connectivity index (χ2v) is 7.27. The Bertz CT molecular complexity index is 219. The quantitative estimate of drug-likeness (QED) is 0.818. The first-order valence-electron chi connectivity index (χ1n) is 7.26. The first kappa shape index (κ1) is 15.0. The lowest BCUT2D eigenvalue weighted by atomic mass is 9.77. The molecule has 2 nitrogen and oxygen atoms in total. The molecule has 17 heavy (non-hydrogen) atoms. The van der Waals surface area contributed by atoms with Crippen molar-refractivity contribution in [3.05, 3.63) is 0 Å². The SMILES string of the molecule is CCC1CCC(N)C(CN(C)CC(C)(C)C)C1. The van der Waals surface area contributed by atoms with Gasteiger partial charge < -0.3 is 10.6 Å². The zero-order chi connectivity index (χ0) is 13.1. The highest BCUT2D eigenvalue weighted by molar-refractivity contribution is 4.84. The number of hydrogen-bond acceptors (Lipinski definition) is 2. The van der Waals surface area contributed by atoms with E-state index in [-0.39, 0.29) is 0 Å². The van der Waals surface area contributed by atoms with Gasteiger partial charge in [-0.3, -0.25) is 0 Å². The van der Waals surface area contributed by atoms with Crippen LogP contribution in [0.5, 0.6) is 0 Å². The second kappa shape index (κ2) is 6.19. The molecule has 0 amide bonds. The van der Waals surface area contributed by atoms with Gasteiger partial charge in [-0.2, -0.15) is 0 Å². The van der Waals surface area contributed by atoms with Crippen LogP contribution in [0.3, 0.4) is 0 Å². The fourth-order valence-corrected chi connectivity index (χ4v) is 3.24. The van der Waals surface area contributed by atoms with Crippen LogP contribution >= 0.6 is 0 Å². The third-order valence-corrected chi connectivity index (χ3v) is 4.02. The van der Waals surface area contributed by atoms with Crippen molar-refractivity contribution in [3.8, 4) is 0 Å². The molecule has 1 aliphatic rings. The highest BCUT2D eigenvalue weighted by Gasteiger charge is 2.28. The smallest absolute Gasteiger partial charge is 0.00795 e. The van der Waals surface area contributed by atoms with E-state index in [1.165, 1.54) is 32.2 Å². The normalized spacial score (nSPS) is 30.9. The molecule has 0 aromatic rings. The zero-order valence-corrected chi connectivity index (χ0v) is 12.5. The molecule has 0 aromatic heterocycles. The summed E-state index contributed by atoms with van der Waals surface area (Å²) in [5, 5.41) is 0. The van der Waals surface area contributed by atoms with Crippen LogP contribution in [0.15, 0.2) is 0 Å². The van der Waals surface area contributed by atoms with Crippen molar-refractivity contribution in [1.29, 1.82) is 0 Å². The van der Waals surface area contributed by atoms with Crippen LogP contribution in [0.2, 0.25) is 0 Å². The van der Waals surface area contributed by atoms with E-state index in [1.807, 2.05) is 0 Å². The van der Waals surface area contributed by atoms with Crippen molar-refractivity contribution in [1.82, 2.24) is 4.90 Å². The summed E-state index contributed by atoms with van der Waals surface area (Å²) in [5.41, 5.74) is 6.67. The Balaban J connectivity index is 2.42. The number of hydrogen-bond donors (Lipinski definition) is 1. The van der Waals surface area contributed by atoms with E-state index in [4.69, 9.17) is 5.73 Å². The Morgan fingerprint density at radius 2 is 1.88 bits per heavy atom. The zero-order valence-electron chi connectivity index (χ0n) is 12.5. The van der Waals surface area contributed by atoms with Crippen molar-refractivity contribution in [2.45, 2.75) is 59.4 Å². The molecule has 0 heterocycles. The maximum Gasteiger partial charge on any atom is 0.00795 e. The summed E-state index contributed by atoms with van der Waals surface area (Å²) < 4.78 is 0. The van der Waals surface area contributed by atoms with Crippen LogP contribution in [0, 0.1) is 17.3 Å². The van der Waals surface area contributed by atoms with Gasteiger partial charge in [0.05, 0.1) is 0 Å². The van der Waals surface area contributed by atoms with E-state index in [0.717, 1.165) is 12.5 Å². The molecular formula is C15H32N2. The van der Waals surface area contributed by atoms with Gasteiger partial charge in [0.25, 0.3) is 0 Å². The van der Waals surface area contributed by atoms with Crippen molar-refractivity contribution in [2.75, 3.05) is 20.1 Å². The molecular weight excluding hydrogens is 208 g/mol. The Labute approximate surface area is 108 Å². The van der Waals surface area contributed by atoms with Gasteiger partial charge in [0.1, 0.15) is 0 Å². The Morgan fingerprint density at radius 1 is 1.24 bits per heavy atom. The minimum absolute atomic E-state index is 0.387. The molecule has 0 aromatic carbocycles. The van der Waals surface area contributed by atoms with Crippen LogP contribution in [-0.4, -0.2) is 31.1 Å². The van der Waals surface area contributed by atoms with E-state index < -0.39 is 0 Å². The summed E-state index contributed by atoms with van der Waals surface area (Å²) in [7, 11) is 2.24. The van der Waals surface area contributed by atoms with E-state index in [1.54, 1.807) is 0 Å². The molecule has 0 bridgehead atoms. The summed E-state index contributed by atoms with van der Waals surface area (Å²) in [6.07, 6.45) is 5.24. The van der Waals surface area contributed by atoms with Gasteiger partial charge in [0.15, 0.2) is 0 Å². The molecule has 3 atom stereocenters. The minimum atomic E-state index is 0.387. The van der Waals surface area contributed by atoms with Gasteiger partial charge in [-0.05, 0) is 43.6 Å². The molecule has 0 spiro atoms. The van der Waals surface area contributed by atoms with E-state index >= 15 is 0 Å². The van der Waals surface area contributed by atoms with E-state index in [0.29, 0.717) is 17.4 Å². The lowest BCUT2D eigenvalue weighted by Gasteiger charge is -2.37. The molecule has 0 aliphatic heterocycles. The third kappa shape index (κ3) is 5.39. The molecule has 3 unspecified atom stereocenters. The van der Waals surface area contributed by atoms with Gasteiger partial charge in [-0.15, -0.1) is 0 Å². The molecule has 0 radical (unpaired) electrons. The monoisotopic (exact) mass is 240 g/mol. The van der Waals surface area contributed by atoms with Crippen molar-refractivity contribution in [2.24, 2.45) is 23.0 Å². The van der Waals surface area contributed by atoms with Gasteiger partial charge in [0, 0.05) is 19.1 Å². The standard InChI is InChI=1S/C15H32N2/c1-6-12-7-8-14(16)13(9-12)10-17(5)11-15(2,3)4/h12-14H,6-11,16H2,1-5H3. The maximum atomic E-state index is 6.28. The fraction of sp³-hybridized carbons (Fsp3) is 1.00. The molecule has 1 fully saturated rings. The average Bonchev–Trinajstić information content (AvgIpc) is 2.18. The van der Waals surface area contributed by atoms with Crippen molar-refractivity contribution >= 4 is 0 Å². The van der Waals surface area contributed by atoms with Crippen LogP contribution in [0.25, 0.3) is 0 Å². The predicted molar refractivity (Wildman–Crippen MR) is 76.0 cm³/mol. The largest absolute Gasteiger partial charge is 0.327 e. The first-order valence-corrected chi connectivity index (χ1v) is 7.26. The van der Waals surface area contributed by atoms with Gasteiger partial charge in [-0.25, -0.2) is 0 Å². The van der Waals surface area contributed by atoms with Crippen LogP contribution in [-0.2, 0) is 0 Å². The van der Waals surface area contributed by atoms with Gasteiger partial charge in [-0.1, -0.05) is 34.1 Å². The summed E-state index contributed by atoms with van der Waals surface area (Å²) in [4.78, 5) is 2.47. The highest BCUT2D eigenvalue weighted by atomic mass is 15.1. The van der Waals surface area contributed by atoms with Gasteiger partial charge >= 0.3 is 0 Å². The molecule has 1 aliphatic carbocycles. The fourth-order valence-electron chi connectivity index (χ4n) is 3.24. The maximum absolute atomic E-state index is 6.28. The summed E-state index contributed by atoms with van der Waals surface area (Å²) in [5.74, 6) is 1.63. The molecule has 1 saturated carbocycles. The van der Waals surface area contributed by atoms with Crippen molar-refractivity contribution in [3.63, 3.8) is 0 Å². The number of rotatable bonds is 4. The Kier molecular flexibility index (Phi) is 5.46. The minimum Gasteiger partial charge on any atom is -0.327 e. The van der Waals surface area contributed by atoms with E-state index in [9.17, 15) is 0 Å². The Morgan fingerprint density at radius 3 is 2.41 bits per heavy atom. The van der Waals surface area contributed by atoms with Crippen LogP contribution in [0.1, 0.15) is 53.4 Å².